The summed E-state index contributed by atoms with van der Waals surface area (Å²) in [6.45, 7) is 3.63. The van der Waals surface area contributed by atoms with Crippen LogP contribution in [0.1, 0.15) is 5.56 Å². The van der Waals surface area contributed by atoms with Crippen LogP contribution in [-0.2, 0) is 6.54 Å². The minimum absolute atomic E-state index is 0.240. The van der Waals surface area contributed by atoms with Crippen LogP contribution in [0.25, 0.3) is 28.0 Å². The van der Waals surface area contributed by atoms with Gasteiger partial charge in [0.05, 0.1) is 16.8 Å². The second-order valence-corrected chi connectivity index (χ2v) is 9.65. The molecule has 2 aromatic heterocycles. The van der Waals surface area contributed by atoms with Gasteiger partial charge in [0.25, 0.3) is 0 Å². The number of aromatic nitrogens is 4. The molecule has 1 fully saturated rings. The third-order valence-corrected chi connectivity index (χ3v) is 6.98. The molecule has 3 aromatic carbocycles. The molecule has 0 amide bonds. The van der Waals surface area contributed by atoms with Crippen molar-refractivity contribution in [2.75, 3.05) is 36.8 Å². The molecule has 0 atom stereocenters. The summed E-state index contributed by atoms with van der Waals surface area (Å²) in [5, 5.41) is 5.75. The molecule has 10 heteroatoms. The molecule has 1 aliphatic heterocycles. The molecule has 0 aliphatic carbocycles. The smallest absolute Gasteiger partial charge is 0.228 e. The van der Waals surface area contributed by atoms with Crippen molar-refractivity contribution in [3.63, 3.8) is 0 Å². The summed E-state index contributed by atoms with van der Waals surface area (Å²) in [5.41, 5.74) is 9.43. The first kappa shape index (κ1) is 24.3. The molecule has 192 valence electrons. The quantitative estimate of drug-likeness (QED) is 0.331. The molecule has 7 nitrogen and oxygen atoms in total. The fraction of sp³-hybridized carbons (Fsp3) is 0.179. The van der Waals surface area contributed by atoms with Crippen LogP contribution in [0.4, 0.5) is 20.5 Å². The summed E-state index contributed by atoms with van der Waals surface area (Å²) in [6.07, 6.45) is 0. The Hall–Kier alpha value is -4.08. The van der Waals surface area contributed by atoms with E-state index in [4.69, 9.17) is 27.3 Å². The number of anilines is 2. The van der Waals surface area contributed by atoms with Gasteiger partial charge in [0.2, 0.25) is 5.95 Å². The molecule has 2 N–H and O–H groups in total. The molecule has 0 bridgehead atoms. The number of nitrogens with two attached hydrogens (primary N) is 1. The second-order valence-electron chi connectivity index (χ2n) is 9.21. The van der Waals surface area contributed by atoms with Crippen molar-refractivity contribution in [1.82, 2.24) is 24.6 Å². The van der Waals surface area contributed by atoms with Crippen LogP contribution in [0, 0.1) is 11.6 Å². The topological polar surface area (TPSA) is 76.1 Å². The number of halogens is 3. The van der Waals surface area contributed by atoms with Crippen molar-refractivity contribution in [2.45, 2.75) is 6.54 Å². The number of hydrogen-bond donors (Lipinski definition) is 1. The highest BCUT2D eigenvalue weighted by atomic mass is 35.5. The highest BCUT2D eigenvalue weighted by Gasteiger charge is 2.25. The summed E-state index contributed by atoms with van der Waals surface area (Å²) in [4.78, 5) is 13.9. The maximum absolute atomic E-state index is 15.0. The molecule has 1 aliphatic rings. The fourth-order valence-electron chi connectivity index (χ4n) is 4.72. The standard InChI is InChI=1S/C28H24ClF2N7/c29-19-7-11-21(12-8-19)38-26(32)24-25(22-3-1-2-4-23(22)31)33-28(34-27(24)35-38)37-15-13-36(14-16-37)17-18-5-9-20(30)10-6-18/h1-12H,13-17,32H2. The first-order valence-electron chi connectivity index (χ1n) is 12.2. The Morgan fingerprint density at radius 3 is 2.26 bits per heavy atom. The normalized spacial score (nSPS) is 14.3. The van der Waals surface area contributed by atoms with Gasteiger partial charge >= 0.3 is 0 Å². The zero-order valence-corrected chi connectivity index (χ0v) is 21.1. The van der Waals surface area contributed by atoms with Crippen molar-refractivity contribution in [1.29, 1.82) is 0 Å². The molecule has 6 rings (SSSR count). The van der Waals surface area contributed by atoms with Gasteiger partial charge in [0.15, 0.2) is 5.65 Å². The SMILES string of the molecule is Nc1c2c(-c3ccccc3F)nc(N3CCN(Cc4ccc(F)cc4)CC3)nc2nn1-c1ccc(Cl)cc1. The number of benzene rings is 3. The lowest BCUT2D eigenvalue weighted by atomic mass is 10.1. The van der Waals surface area contributed by atoms with Crippen LogP contribution in [0.5, 0.6) is 0 Å². The van der Waals surface area contributed by atoms with Gasteiger partial charge in [-0.3, -0.25) is 4.90 Å². The van der Waals surface area contributed by atoms with Gasteiger partial charge in [-0.1, -0.05) is 35.9 Å². The number of nitrogens with zero attached hydrogens (tertiary/aromatic N) is 6. The first-order chi connectivity index (χ1) is 18.5. The van der Waals surface area contributed by atoms with E-state index in [0.717, 1.165) is 25.2 Å². The highest BCUT2D eigenvalue weighted by Crippen LogP contribution is 2.35. The number of nitrogen functional groups attached to an aromatic ring is 1. The van der Waals surface area contributed by atoms with Gasteiger partial charge in [-0.05, 0) is 54.1 Å². The molecular formula is C28H24ClF2N7. The lowest BCUT2D eigenvalue weighted by molar-refractivity contribution is 0.248. The summed E-state index contributed by atoms with van der Waals surface area (Å²) >= 11 is 6.06. The van der Waals surface area contributed by atoms with Crippen molar-refractivity contribution in [3.05, 3.63) is 95.0 Å². The maximum atomic E-state index is 15.0. The molecule has 3 heterocycles. The Balaban J connectivity index is 1.36. The molecule has 5 aromatic rings. The Kier molecular flexibility index (Phi) is 6.39. The molecule has 0 unspecified atom stereocenters. The van der Waals surface area contributed by atoms with Crippen LogP contribution in [0.2, 0.25) is 5.02 Å². The number of rotatable bonds is 5. The van der Waals surface area contributed by atoms with E-state index in [1.165, 1.54) is 18.2 Å². The third kappa shape index (κ3) is 4.66. The Labute approximate surface area is 223 Å². The van der Waals surface area contributed by atoms with Crippen LogP contribution in [0.15, 0.2) is 72.8 Å². The Morgan fingerprint density at radius 2 is 1.55 bits per heavy atom. The zero-order chi connectivity index (χ0) is 26.2. The minimum atomic E-state index is -0.402. The van der Waals surface area contributed by atoms with E-state index >= 15 is 0 Å². The fourth-order valence-corrected chi connectivity index (χ4v) is 4.85. The Morgan fingerprint density at radius 1 is 0.842 bits per heavy atom. The van der Waals surface area contributed by atoms with E-state index in [9.17, 15) is 8.78 Å². The van der Waals surface area contributed by atoms with Gasteiger partial charge in [-0.15, -0.1) is 5.10 Å². The second kappa shape index (κ2) is 10.00. The summed E-state index contributed by atoms with van der Waals surface area (Å²) in [6, 6.07) is 20.2. The van der Waals surface area contributed by atoms with Gasteiger partial charge in [0, 0.05) is 43.3 Å². The largest absolute Gasteiger partial charge is 0.383 e. The summed E-state index contributed by atoms with van der Waals surface area (Å²) < 4.78 is 29.8. The highest BCUT2D eigenvalue weighted by molar-refractivity contribution is 6.30. The lowest BCUT2D eigenvalue weighted by Gasteiger charge is -2.34. The van der Waals surface area contributed by atoms with E-state index < -0.39 is 5.82 Å². The Bertz CT molecular complexity index is 1590. The van der Waals surface area contributed by atoms with E-state index in [0.29, 0.717) is 57.9 Å². The van der Waals surface area contributed by atoms with Crippen LogP contribution in [-0.4, -0.2) is 50.8 Å². The van der Waals surface area contributed by atoms with Crippen LogP contribution in [0.3, 0.4) is 0 Å². The molecule has 0 saturated carbocycles. The van der Waals surface area contributed by atoms with E-state index in [1.807, 2.05) is 12.1 Å². The third-order valence-electron chi connectivity index (χ3n) is 6.73. The maximum Gasteiger partial charge on any atom is 0.228 e. The molecule has 38 heavy (non-hydrogen) atoms. The predicted octanol–water partition coefficient (Wildman–Crippen LogP) is 5.32. The zero-order valence-electron chi connectivity index (χ0n) is 20.4. The number of fused-ring (bicyclic) bond motifs is 1. The molecular weight excluding hydrogens is 508 g/mol. The van der Waals surface area contributed by atoms with Crippen LogP contribution < -0.4 is 10.6 Å². The monoisotopic (exact) mass is 531 g/mol. The average Bonchev–Trinajstić information content (AvgIpc) is 3.27. The van der Waals surface area contributed by atoms with E-state index in [2.05, 4.69) is 14.9 Å². The summed E-state index contributed by atoms with van der Waals surface area (Å²) in [5.74, 6) is 0.145. The van der Waals surface area contributed by atoms with Gasteiger partial charge in [-0.25, -0.2) is 18.4 Å². The van der Waals surface area contributed by atoms with Crippen molar-refractivity contribution in [3.8, 4) is 16.9 Å². The van der Waals surface area contributed by atoms with Gasteiger partial charge < -0.3 is 10.6 Å². The number of hydrogen-bond acceptors (Lipinski definition) is 6. The summed E-state index contributed by atoms with van der Waals surface area (Å²) in [7, 11) is 0. The van der Waals surface area contributed by atoms with Gasteiger partial charge in [-0.2, -0.15) is 4.98 Å². The van der Waals surface area contributed by atoms with E-state index in [1.54, 1.807) is 47.1 Å². The van der Waals surface area contributed by atoms with Crippen molar-refractivity contribution < 1.29 is 8.78 Å². The van der Waals surface area contributed by atoms with Crippen LogP contribution >= 0.6 is 11.6 Å². The molecule has 0 spiro atoms. The lowest BCUT2D eigenvalue weighted by Crippen LogP contribution is -2.46. The van der Waals surface area contributed by atoms with Gasteiger partial charge in [0.1, 0.15) is 17.5 Å². The van der Waals surface area contributed by atoms with Crippen molar-refractivity contribution in [2.24, 2.45) is 0 Å². The molecule has 1 saturated heterocycles. The van der Waals surface area contributed by atoms with Crippen molar-refractivity contribution >= 4 is 34.4 Å². The average molecular weight is 532 g/mol. The minimum Gasteiger partial charge on any atom is -0.383 e. The first-order valence-corrected chi connectivity index (χ1v) is 12.6. The molecule has 0 radical (unpaired) electrons. The number of piperazine rings is 1. The van der Waals surface area contributed by atoms with E-state index in [-0.39, 0.29) is 5.82 Å². The predicted molar refractivity (Wildman–Crippen MR) is 145 cm³/mol.